The monoisotopic (exact) mass is 399 g/mol. The summed E-state index contributed by atoms with van der Waals surface area (Å²) < 4.78 is 0. The molecule has 0 radical (unpaired) electrons. The molecule has 0 saturated carbocycles. The molecule has 1 heterocycles. The highest BCUT2D eigenvalue weighted by Crippen LogP contribution is 2.45. The maximum atomic E-state index is 12.0. The van der Waals surface area contributed by atoms with Gasteiger partial charge in [0.25, 0.3) is 0 Å². The van der Waals surface area contributed by atoms with Gasteiger partial charge in [0, 0.05) is 34.9 Å². The number of hydrogen-bond acceptors (Lipinski definition) is 3. The van der Waals surface area contributed by atoms with Crippen molar-refractivity contribution < 1.29 is 4.79 Å². The van der Waals surface area contributed by atoms with Crippen molar-refractivity contribution in [3.05, 3.63) is 102 Å². The molecule has 4 nitrogen and oxygen atoms in total. The van der Waals surface area contributed by atoms with Crippen LogP contribution in [0.25, 0.3) is 11.6 Å². The normalized spacial score (nSPS) is 12.1. The molecule has 4 rings (SSSR count). The number of nitrogens with one attached hydrogen (secondary N) is 3. The van der Waals surface area contributed by atoms with Crippen LogP contribution in [0.2, 0.25) is 0 Å². The second-order valence-corrected chi connectivity index (χ2v) is 7.58. The molecule has 0 atom stereocenters. The van der Waals surface area contributed by atoms with Crippen molar-refractivity contribution in [1.82, 2.24) is 10.6 Å². The quantitative estimate of drug-likeness (QED) is 0.422. The van der Waals surface area contributed by atoms with E-state index in [2.05, 4.69) is 70.6 Å². The van der Waals surface area contributed by atoms with Crippen molar-refractivity contribution in [2.45, 2.75) is 9.79 Å². The summed E-state index contributed by atoms with van der Waals surface area (Å²) in [4.78, 5) is 14.5. The third-order valence-corrected chi connectivity index (χ3v) is 5.65. The van der Waals surface area contributed by atoms with E-state index in [0.717, 1.165) is 11.3 Å². The Morgan fingerprint density at radius 2 is 1.55 bits per heavy atom. The van der Waals surface area contributed by atoms with Gasteiger partial charge in [-0.15, -0.1) is 0 Å². The molecule has 0 fully saturated rings. The molecule has 0 unspecified atom stereocenters. The van der Waals surface area contributed by atoms with E-state index in [0.29, 0.717) is 0 Å². The lowest BCUT2D eigenvalue weighted by Gasteiger charge is -2.22. The molecule has 1 aliphatic heterocycles. The Bertz CT molecular complexity index is 1060. The van der Waals surface area contributed by atoms with Gasteiger partial charge in [-0.3, -0.25) is 0 Å². The first kappa shape index (κ1) is 18.9. The van der Waals surface area contributed by atoms with Crippen LogP contribution in [0, 0.1) is 0 Å². The number of urea groups is 1. The zero-order valence-corrected chi connectivity index (χ0v) is 16.8. The number of hydrogen-bond donors (Lipinski definition) is 3. The van der Waals surface area contributed by atoms with Gasteiger partial charge in [-0.05, 0) is 52.6 Å². The average molecular weight is 400 g/mol. The first-order chi connectivity index (χ1) is 14.2. The van der Waals surface area contributed by atoms with Gasteiger partial charge in [0.05, 0.1) is 0 Å². The van der Waals surface area contributed by atoms with Crippen LogP contribution in [0.4, 0.5) is 10.5 Å². The fourth-order valence-electron chi connectivity index (χ4n) is 3.22. The van der Waals surface area contributed by atoms with E-state index >= 15 is 0 Å². The highest BCUT2D eigenvalue weighted by Gasteiger charge is 2.20. The topological polar surface area (TPSA) is 53.2 Å². The minimum atomic E-state index is -0.286. The molecule has 0 aliphatic carbocycles. The maximum Gasteiger partial charge on any atom is 0.323 e. The first-order valence-electron chi connectivity index (χ1n) is 9.33. The van der Waals surface area contributed by atoms with Gasteiger partial charge >= 0.3 is 6.03 Å². The number of benzene rings is 3. The Labute approximate surface area is 174 Å². The molecule has 0 spiro atoms. The van der Waals surface area contributed by atoms with Crippen molar-refractivity contribution in [2.75, 3.05) is 12.4 Å². The van der Waals surface area contributed by atoms with Crippen LogP contribution >= 0.6 is 11.8 Å². The van der Waals surface area contributed by atoms with Crippen molar-refractivity contribution >= 4 is 35.1 Å². The third kappa shape index (κ3) is 4.36. The van der Waals surface area contributed by atoms with E-state index in [1.807, 2.05) is 24.3 Å². The van der Waals surface area contributed by atoms with Gasteiger partial charge < -0.3 is 16.0 Å². The summed E-state index contributed by atoms with van der Waals surface area (Å²) in [5.41, 5.74) is 5.41. The molecule has 144 valence electrons. The SMILES string of the molecule is CN/C=C/NC(=O)Nc1cccc(C=C2c3ccccc3Sc3ccccc32)c1. The number of fused-ring (bicyclic) bond motifs is 2. The number of rotatable bonds is 4. The molecule has 3 N–H and O–H groups in total. The highest BCUT2D eigenvalue weighted by molar-refractivity contribution is 7.99. The average Bonchev–Trinajstić information content (AvgIpc) is 2.74. The Balaban J connectivity index is 1.67. The third-order valence-electron chi connectivity index (χ3n) is 4.49. The van der Waals surface area contributed by atoms with E-state index in [1.54, 1.807) is 31.2 Å². The van der Waals surface area contributed by atoms with E-state index in [-0.39, 0.29) is 6.03 Å². The van der Waals surface area contributed by atoms with E-state index in [4.69, 9.17) is 0 Å². The molecule has 1 aliphatic rings. The lowest BCUT2D eigenvalue weighted by Crippen LogP contribution is -2.24. The van der Waals surface area contributed by atoms with Gasteiger partial charge in [0.15, 0.2) is 0 Å². The van der Waals surface area contributed by atoms with Gasteiger partial charge in [-0.2, -0.15) is 0 Å². The molecule has 3 aromatic rings. The minimum absolute atomic E-state index is 0.286. The zero-order valence-electron chi connectivity index (χ0n) is 16.0. The maximum absolute atomic E-state index is 12.0. The Morgan fingerprint density at radius 3 is 2.24 bits per heavy atom. The van der Waals surface area contributed by atoms with E-state index in [1.165, 1.54) is 26.5 Å². The Kier molecular flexibility index (Phi) is 5.68. The molecule has 5 heteroatoms. The molecule has 2 amide bonds. The van der Waals surface area contributed by atoms with E-state index in [9.17, 15) is 4.79 Å². The smallest absolute Gasteiger partial charge is 0.323 e. The summed E-state index contributed by atoms with van der Waals surface area (Å²) in [6, 6.07) is 24.5. The predicted molar refractivity (Wildman–Crippen MR) is 121 cm³/mol. The summed E-state index contributed by atoms with van der Waals surface area (Å²) >= 11 is 1.80. The van der Waals surface area contributed by atoms with Crippen molar-refractivity contribution in [2.24, 2.45) is 0 Å². The summed E-state index contributed by atoms with van der Waals surface area (Å²) in [5.74, 6) is 0. The lowest BCUT2D eigenvalue weighted by molar-refractivity contribution is 0.255. The zero-order chi connectivity index (χ0) is 20.1. The molecule has 0 bridgehead atoms. The fraction of sp³-hybridized carbons (Fsp3) is 0.0417. The minimum Gasteiger partial charge on any atom is -0.393 e. The van der Waals surface area contributed by atoms with Crippen LogP contribution in [0.3, 0.4) is 0 Å². The second-order valence-electron chi connectivity index (χ2n) is 6.50. The van der Waals surface area contributed by atoms with Crippen molar-refractivity contribution in [3.63, 3.8) is 0 Å². The molecule has 0 aromatic heterocycles. The number of anilines is 1. The summed E-state index contributed by atoms with van der Waals surface area (Å²) in [7, 11) is 1.77. The molecular weight excluding hydrogens is 378 g/mol. The van der Waals surface area contributed by atoms with Crippen LogP contribution in [-0.4, -0.2) is 13.1 Å². The van der Waals surface area contributed by atoms with Gasteiger partial charge in [-0.1, -0.05) is 60.3 Å². The standard InChI is InChI=1S/C24H21N3OS/c1-25-13-14-26-24(28)27-18-8-6-7-17(15-18)16-21-19-9-2-4-11-22(19)29-23-12-5-3-10-20(21)23/h2-16,25H,1H3,(H2,26,27,28)/b14-13+. The fourth-order valence-corrected chi connectivity index (χ4v) is 4.32. The van der Waals surface area contributed by atoms with Crippen LogP contribution < -0.4 is 16.0 Å². The number of carbonyl (C=O) groups is 1. The Hall–Kier alpha value is -3.44. The van der Waals surface area contributed by atoms with Crippen LogP contribution in [0.5, 0.6) is 0 Å². The largest absolute Gasteiger partial charge is 0.393 e. The number of amides is 2. The van der Waals surface area contributed by atoms with E-state index < -0.39 is 0 Å². The molecule has 3 aromatic carbocycles. The molecule has 29 heavy (non-hydrogen) atoms. The molecular formula is C24H21N3OS. The second kappa shape index (κ2) is 8.71. The van der Waals surface area contributed by atoms with Crippen molar-refractivity contribution in [3.8, 4) is 0 Å². The molecule has 0 saturated heterocycles. The Morgan fingerprint density at radius 1 is 0.862 bits per heavy atom. The highest BCUT2D eigenvalue weighted by atomic mass is 32.2. The van der Waals surface area contributed by atoms with Crippen molar-refractivity contribution in [1.29, 1.82) is 0 Å². The van der Waals surface area contributed by atoms with Gasteiger partial charge in [0.2, 0.25) is 0 Å². The first-order valence-corrected chi connectivity index (χ1v) is 10.1. The summed E-state index contributed by atoms with van der Waals surface area (Å²) in [6.45, 7) is 0. The predicted octanol–water partition coefficient (Wildman–Crippen LogP) is 5.55. The van der Waals surface area contributed by atoms with Crippen LogP contribution in [0.1, 0.15) is 16.7 Å². The van der Waals surface area contributed by atoms with Gasteiger partial charge in [-0.25, -0.2) is 4.79 Å². The summed E-state index contributed by atoms with van der Waals surface area (Å²) in [6.07, 6.45) is 5.38. The number of carbonyl (C=O) groups excluding carboxylic acids is 1. The van der Waals surface area contributed by atoms with Crippen LogP contribution in [-0.2, 0) is 0 Å². The van der Waals surface area contributed by atoms with Gasteiger partial charge in [0.1, 0.15) is 0 Å². The lowest BCUT2D eigenvalue weighted by atomic mass is 9.95. The summed E-state index contributed by atoms with van der Waals surface area (Å²) in [5, 5.41) is 8.33. The van der Waals surface area contributed by atoms with Crippen LogP contribution in [0.15, 0.2) is 95.0 Å².